The van der Waals surface area contributed by atoms with Crippen LogP contribution in [0.2, 0.25) is 0 Å². The van der Waals surface area contributed by atoms with Crippen LogP contribution in [0, 0.1) is 5.92 Å². The highest BCUT2D eigenvalue weighted by molar-refractivity contribution is 7.89. The van der Waals surface area contributed by atoms with Crippen molar-refractivity contribution in [1.82, 2.24) is 4.72 Å². The van der Waals surface area contributed by atoms with Gasteiger partial charge in [-0.05, 0) is 37.3 Å². The molecule has 5 heteroatoms. The largest absolute Gasteiger partial charge is 0.384 e. The van der Waals surface area contributed by atoms with Gasteiger partial charge in [-0.3, -0.25) is 0 Å². The van der Waals surface area contributed by atoms with Gasteiger partial charge in [-0.1, -0.05) is 31.2 Å². The first-order chi connectivity index (χ1) is 9.63. The van der Waals surface area contributed by atoms with Crippen LogP contribution in [0.15, 0.2) is 41.3 Å². The van der Waals surface area contributed by atoms with Crippen molar-refractivity contribution >= 4 is 15.7 Å². The first-order valence-corrected chi connectivity index (χ1v) is 8.59. The number of sulfonamides is 1. The van der Waals surface area contributed by atoms with E-state index in [1.807, 2.05) is 12.1 Å². The zero-order valence-electron chi connectivity index (χ0n) is 11.8. The predicted molar refractivity (Wildman–Crippen MR) is 82.3 cm³/mol. The summed E-state index contributed by atoms with van der Waals surface area (Å²) in [7, 11) is -3.42. The van der Waals surface area contributed by atoms with Crippen LogP contribution in [0.4, 0.5) is 5.69 Å². The topological polar surface area (TPSA) is 58.2 Å². The molecule has 1 aliphatic carbocycles. The maximum absolute atomic E-state index is 12.1. The minimum Gasteiger partial charge on any atom is -0.384 e. The van der Waals surface area contributed by atoms with Gasteiger partial charge in [-0.2, -0.15) is 0 Å². The van der Waals surface area contributed by atoms with Crippen LogP contribution in [0.25, 0.3) is 0 Å². The lowest BCUT2D eigenvalue weighted by molar-refractivity contribution is 0.503. The third kappa shape index (κ3) is 3.84. The van der Waals surface area contributed by atoms with E-state index in [0.29, 0.717) is 23.0 Å². The van der Waals surface area contributed by atoms with Gasteiger partial charge in [0, 0.05) is 13.1 Å². The molecular formula is C15H22N2O2S. The van der Waals surface area contributed by atoms with Gasteiger partial charge in [-0.25, -0.2) is 13.1 Å². The number of nitrogens with one attached hydrogen (secondary N) is 2. The number of benzene rings is 1. The molecule has 0 aliphatic heterocycles. The van der Waals surface area contributed by atoms with Gasteiger partial charge in [-0.15, -0.1) is 0 Å². The second-order valence-electron chi connectivity index (χ2n) is 5.03. The Morgan fingerprint density at radius 1 is 1.25 bits per heavy atom. The van der Waals surface area contributed by atoms with Gasteiger partial charge in [0.1, 0.15) is 4.90 Å². The quantitative estimate of drug-likeness (QED) is 0.793. The fourth-order valence-electron chi connectivity index (χ4n) is 2.41. The Hall–Kier alpha value is -1.33. The van der Waals surface area contributed by atoms with Crippen molar-refractivity contribution in [2.24, 2.45) is 5.92 Å². The first kappa shape index (κ1) is 15.1. The molecule has 4 nitrogen and oxygen atoms in total. The molecule has 0 amide bonds. The Labute approximate surface area is 121 Å². The fourth-order valence-corrected chi connectivity index (χ4v) is 3.63. The highest BCUT2D eigenvalue weighted by Crippen LogP contribution is 2.23. The van der Waals surface area contributed by atoms with E-state index in [-0.39, 0.29) is 0 Å². The van der Waals surface area contributed by atoms with Gasteiger partial charge in [0.15, 0.2) is 0 Å². The molecule has 0 spiro atoms. The summed E-state index contributed by atoms with van der Waals surface area (Å²) in [6.07, 6.45) is 7.75. The highest BCUT2D eigenvalue weighted by atomic mass is 32.2. The maximum atomic E-state index is 12.1. The Balaban J connectivity index is 2.10. The standard InChI is InChI=1S/C15H22N2O2S/c1-2-17-20(18,19)15-11-7-6-10-14(15)16-12-13-8-4-3-5-9-13/h3-4,6-7,10-11,13,16-17H,2,5,8-9,12H2,1H3. The summed E-state index contributed by atoms with van der Waals surface area (Å²) < 4.78 is 26.8. The lowest BCUT2D eigenvalue weighted by Crippen LogP contribution is -2.25. The number of hydrogen-bond donors (Lipinski definition) is 2. The van der Waals surface area contributed by atoms with Gasteiger partial charge in [0.25, 0.3) is 0 Å². The molecular weight excluding hydrogens is 272 g/mol. The Bertz CT molecular complexity index is 567. The van der Waals surface area contributed by atoms with Crippen molar-refractivity contribution < 1.29 is 8.42 Å². The third-order valence-corrected chi connectivity index (χ3v) is 5.07. The summed E-state index contributed by atoms with van der Waals surface area (Å²) in [6, 6.07) is 7.07. The molecule has 0 bridgehead atoms. The monoisotopic (exact) mass is 294 g/mol. The van der Waals surface area contributed by atoms with Crippen LogP contribution in [-0.4, -0.2) is 21.5 Å². The molecule has 0 aromatic heterocycles. The molecule has 0 fully saturated rings. The molecule has 0 heterocycles. The summed E-state index contributed by atoms with van der Waals surface area (Å²) in [5.41, 5.74) is 0.683. The van der Waals surface area contributed by atoms with E-state index in [1.54, 1.807) is 19.1 Å². The van der Waals surface area contributed by atoms with Crippen LogP contribution in [0.1, 0.15) is 26.2 Å². The van der Waals surface area contributed by atoms with E-state index < -0.39 is 10.0 Å². The lowest BCUT2D eigenvalue weighted by Gasteiger charge is -2.20. The molecule has 20 heavy (non-hydrogen) atoms. The van der Waals surface area contributed by atoms with E-state index in [9.17, 15) is 8.42 Å². The number of allylic oxidation sites excluding steroid dienone is 2. The van der Waals surface area contributed by atoms with E-state index >= 15 is 0 Å². The van der Waals surface area contributed by atoms with Crippen LogP contribution >= 0.6 is 0 Å². The zero-order valence-corrected chi connectivity index (χ0v) is 12.6. The van der Waals surface area contributed by atoms with Crippen molar-refractivity contribution in [2.75, 3.05) is 18.4 Å². The maximum Gasteiger partial charge on any atom is 0.242 e. The van der Waals surface area contributed by atoms with Crippen LogP contribution in [0.5, 0.6) is 0 Å². The van der Waals surface area contributed by atoms with Gasteiger partial charge >= 0.3 is 0 Å². The average molecular weight is 294 g/mol. The third-order valence-electron chi connectivity index (χ3n) is 3.47. The second-order valence-corrected chi connectivity index (χ2v) is 6.76. The smallest absolute Gasteiger partial charge is 0.242 e. The molecule has 0 saturated carbocycles. The minimum absolute atomic E-state index is 0.327. The highest BCUT2D eigenvalue weighted by Gasteiger charge is 2.18. The molecule has 0 radical (unpaired) electrons. The molecule has 110 valence electrons. The summed E-state index contributed by atoms with van der Waals surface area (Å²) in [4.78, 5) is 0.327. The van der Waals surface area contributed by atoms with E-state index in [4.69, 9.17) is 0 Å². The Morgan fingerprint density at radius 3 is 2.75 bits per heavy atom. The Kier molecular flexibility index (Phi) is 5.20. The molecule has 1 aromatic carbocycles. The molecule has 1 aliphatic rings. The molecule has 2 rings (SSSR count). The minimum atomic E-state index is -3.42. The normalized spacial score (nSPS) is 18.9. The molecule has 1 atom stereocenters. The van der Waals surface area contributed by atoms with Crippen molar-refractivity contribution in [3.8, 4) is 0 Å². The number of para-hydroxylation sites is 1. The van der Waals surface area contributed by atoms with Crippen LogP contribution in [-0.2, 0) is 10.0 Å². The van der Waals surface area contributed by atoms with Crippen molar-refractivity contribution in [3.05, 3.63) is 36.4 Å². The van der Waals surface area contributed by atoms with Crippen molar-refractivity contribution in [1.29, 1.82) is 0 Å². The summed E-state index contributed by atoms with van der Waals surface area (Å²) in [5, 5.41) is 3.29. The van der Waals surface area contributed by atoms with E-state index in [2.05, 4.69) is 22.2 Å². The molecule has 0 saturated heterocycles. The second kappa shape index (κ2) is 6.90. The Morgan fingerprint density at radius 2 is 2.05 bits per heavy atom. The van der Waals surface area contributed by atoms with Crippen LogP contribution < -0.4 is 10.0 Å². The molecule has 1 unspecified atom stereocenters. The van der Waals surface area contributed by atoms with Crippen LogP contribution in [0.3, 0.4) is 0 Å². The van der Waals surface area contributed by atoms with E-state index in [1.165, 1.54) is 0 Å². The predicted octanol–water partition coefficient (Wildman–Crippen LogP) is 2.75. The average Bonchev–Trinajstić information content (AvgIpc) is 2.46. The number of anilines is 1. The van der Waals surface area contributed by atoms with Crippen molar-refractivity contribution in [3.63, 3.8) is 0 Å². The first-order valence-electron chi connectivity index (χ1n) is 7.11. The molecule has 2 N–H and O–H groups in total. The van der Waals surface area contributed by atoms with E-state index in [0.717, 1.165) is 25.8 Å². The summed E-state index contributed by atoms with van der Waals surface area (Å²) in [5.74, 6) is 0.579. The number of hydrogen-bond acceptors (Lipinski definition) is 3. The number of rotatable bonds is 6. The summed E-state index contributed by atoms with van der Waals surface area (Å²) >= 11 is 0. The zero-order chi connectivity index (χ0) is 14.4. The SMILES string of the molecule is CCNS(=O)(=O)c1ccccc1NCC1CC=CCC1. The molecule has 1 aromatic rings. The van der Waals surface area contributed by atoms with Gasteiger partial charge in [0.2, 0.25) is 10.0 Å². The van der Waals surface area contributed by atoms with Crippen molar-refractivity contribution in [2.45, 2.75) is 31.1 Å². The summed E-state index contributed by atoms with van der Waals surface area (Å²) in [6.45, 7) is 2.98. The van der Waals surface area contributed by atoms with Gasteiger partial charge < -0.3 is 5.32 Å². The lowest BCUT2D eigenvalue weighted by atomic mass is 9.94. The fraction of sp³-hybridized carbons (Fsp3) is 0.467. The van der Waals surface area contributed by atoms with Gasteiger partial charge in [0.05, 0.1) is 5.69 Å².